The normalized spacial score (nSPS) is 49.6. The zero-order valence-corrected chi connectivity index (χ0v) is 49.4. The van der Waals surface area contributed by atoms with Crippen LogP contribution in [-0.4, -0.2) is 80.9 Å². The average Bonchev–Trinajstić information content (AvgIpc) is 1.26. The number of fused-ring (bicyclic) bond motifs is 13. The van der Waals surface area contributed by atoms with Crippen molar-refractivity contribution in [3.63, 3.8) is 0 Å². The molecular weight excluding hydrogens is 1040 g/mol. The Kier molecular flexibility index (Phi) is 12.4. The van der Waals surface area contributed by atoms with Crippen molar-refractivity contribution >= 4 is 12.3 Å². The van der Waals surface area contributed by atoms with Gasteiger partial charge in [0.25, 0.3) is 0 Å². The molecule has 442 valence electrons. The largest absolute Gasteiger partial charge is 0.454 e. The number of carbonyl (C=O) groups is 2. The second kappa shape index (κ2) is 19.3. The van der Waals surface area contributed by atoms with Gasteiger partial charge < -0.3 is 40.0 Å². The predicted molar refractivity (Wildman–Crippen MR) is 319 cm³/mol. The van der Waals surface area contributed by atoms with E-state index in [-0.39, 0.29) is 78.7 Å². The number of hydrogen-bond donors (Lipinski definition) is 5. The van der Waals surface area contributed by atoms with Gasteiger partial charge in [0, 0.05) is 52.7 Å². The molecule has 10 fully saturated rings. The van der Waals surface area contributed by atoms with E-state index in [4.69, 9.17) is 9.47 Å². The molecule has 3 heterocycles. The molecule has 15 aliphatic rings. The van der Waals surface area contributed by atoms with Gasteiger partial charge in [-0.1, -0.05) is 90.7 Å². The van der Waals surface area contributed by atoms with Crippen LogP contribution in [0.4, 0.5) is 0 Å². The van der Waals surface area contributed by atoms with Crippen LogP contribution >= 0.6 is 0 Å². The number of nitrogens with one attached hydrogen (secondary N) is 1. The molecule has 84 heavy (non-hydrogen) atoms. The molecule has 5 N–H and O–H groups in total. The number of allylic oxidation sites excluding steroid dienone is 2. The van der Waals surface area contributed by atoms with E-state index in [1.807, 2.05) is 19.2 Å². The van der Waals surface area contributed by atoms with Crippen LogP contribution in [0.5, 0.6) is 0 Å². The van der Waals surface area contributed by atoms with E-state index in [9.17, 15) is 9.90 Å². The molecule has 0 unspecified atom stereocenters. The number of rotatable bonds is 4. The summed E-state index contributed by atoms with van der Waals surface area (Å²) in [6, 6.07) is 26.5. The minimum absolute atomic E-state index is 0.0142. The summed E-state index contributed by atoms with van der Waals surface area (Å²) < 4.78 is 14.6. The van der Waals surface area contributed by atoms with Crippen LogP contribution in [0.15, 0.2) is 96.6 Å². The third-order valence-electron chi connectivity index (χ3n) is 28.6. The number of esters is 1. The fourth-order valence-electron chi connectivity index (χ4n) is 26.0. The van der Waals surface area contributed by atoms with E-state index in [2.05, 4.69) is 90.0 Å². The number of aliphatic hydroxyl groups excluding tert-OH is 1. The fraction of sp³-hybridized carbons (Fsp3) is 0.653. The zero-order chi connectivity index (χ0) is 56.7. The van der Waals surface area contributed by atoms with Crippen LogP contribution in [0.1, 0.15) is 161 Å². The van der Waals surface area contributed by atoms with E-state index in [1.165, 1.54) is 42.2 Å². The molecule has 3 aliphatic heterocycles. The molecule has 3 aromatic rings. The molecule has 3 aromatic carbocycles. The van der Waals surface area contributed by atoms with E-state index in [1.54, 1.807) is 6.08 Å². The highest BCUT2D eigenvalue weighted by molar-refractivity contribution is 5.86. The molecule has 0 aromatic heterocycles. The maximum atomic E-state index is 16.0. The summed E-state index contributed by atoms with van der Waals surface area (Å²) in [6.07, 6.45) is 25.0. The van der Waals surface area contributed by atoms with Crippen LogP contribution < -0.4 is 5.32 Å². The summed E-state index contributed by atoms with van der Waals surface area (Å²) >= 11 is 0. The molecule has 1 saturated heterocycles. The van der Waals surface area contributed by atoms with Gasteiger partial charge in [-0.2, -0.15) is 0 Å². The van der Waals surface area contributed by atoms with E-state index in [0.717, 1.165) is 86.5 Å². The first-order chi connectivity index (χ1) is 40.8. The average molecular weight is 1130 g/mol. The van der Waals surface area contributed by atoms with Crippen LogP contribution in [0.25, 0.3) is 0 Å². The molecule has 0 radical (unpaired) electrons. The first kappa shape index (κ1) is 53.8. The van der Waals surface area contributed by atoms with Crippen molar-refractivity contribution in [3.05, 3.63) is 130 Å². The molecule has 0 amide bonds. The number of carbonyl (C=O) groups excluding carboxylic acids is 2. The van der Waals surface area contributed by atoms with E-state index >= 15 is 20.1 Å². The van der Waals surface area contributed by atoms with Crippen molar-refractivity contribution in [2.24, 2.45) is 99.1 Å². The van der Waals surface area contributed by atoms with Crippen LogP contribution in [0.3, 0.4) is 0 Å². The number of aldehydes is 1. The minimum Gasteiger partial charge on any atom is -0.454 e. The highest BCUT2D eigenvalue weighted by atomic mass is 16.5. The second-order valence-electron chi connectivity index (χ2n) is 31.1. The van der Waals surface area contributed by atoms with Gasteiger partial charge in [-0.15, -0.1) is 0 Å². The number of likely N-dealkylation sites (N-methyl/N-ethyl adjacent to an activating group) is 1. The van der Waals surface area contributed by atoms with Gasteiger partial charge in [-0.3, -0.25) is 0 Å². The molecule has 9 saturated carbocycles. The van der Waals surface area contributed by atoms with Gasteiger partial charge in [0.1, 0.15) is 18.0 Å². The molecule has 2 spiro atoms. The van der Waals surface area contributed by atoms with Crippen molar-refractivity contribution in [2.75, 3.05) is 7.05 Å². The molecule has 18 rings (SSSR count). The molecule has 9 nitrogen and oxygen atoms in total. The monoisotopic (exact) mass is 1130 g/mol. The van der Waals surface area contributed by atoms with Crippen molar-refractivity contribution in [3.8, 4) is 11.8 Å². The summed E-state index contributed by atoms with van der Waals surface area (Å²) in [5, 5.41) is 60.2. The maximum absolute atomic E-state index is 16.0. The third kappa shape index (κ3) is 7.19. The Hall–Kier alpha value is -4.40. The smallest absolute Gasteiger partial charge is 0.331 e. The van der Waals surface area contributed by atoms with E-state index in [0.29, 0.717) is 86.9 Å². The van der Waals surface area contributed by atoms with E-state index < -0.39 is 51.0 Å². The molecule has 12 aliphatic carbocycles. The van der Waals surface area contributed by atoms with Gasteiger partial charge >= 0.3 is 5.97 Å². The third-order valence-corrected chi connectivity index (χ3v) is 28.6. The first-order valence-electron chi connectivity index (χ1n) is 33.7. The highest BCUT2D eigenvalue weighted by Crippen LogP contribution is 2.82. The second-order valence-corrected chi connectivity index (χ2v) is 31.1. The lowest BCUT2D eigenvalue weighted by atomic mass is 9.32. The van der Waals surface area contributed by atoms with Crippen LogP contribution in [-0.2, 0) is 44.9 Å². The van der Waals surface area contributed by atoms with Gasteiger partial charge in [0.15, 0.2) is 0 Å². The molecule has 9 heteroatoms. The van der Waals surface area contributed by atoms with Crippen LogP contribution in [0.2, 0.25) is 0 Å². The van der Waals surface area contributed by atoms with Gasteiger partial charge in [0.05, 0.1) is 35.4 Å². The lowest BCUT2D eigenvalue weighted by molar-refractivity contribution is -0.370. The summed E-state index contributed by atoms with van der Waals surface area (Å²) in [5.41, 5.74) is 0.397. The van der Waals surface area contributed by atoms with Crippen molar-refractivity contribution in [1.29, 1.82) is 0 Å². The Morgan fingerprint density at radius 2 is 1.63 bits per heavy atom. The molecular formula is C75H89NO8. The molecule has 14 bridgehead atoms. The van der Waals surface area contributed by atoms with Gasteiger partial charge in [-0.05, 0) is 252 Å². The Morgan fingerprint density at radius 3 is 2.48 bits per heavy atom. The van der Waals surface area contributed by atoms with Crippen molar-refractivity contribution in [2.45, 2.75) is 195 Å². The zero-order valence-electron chi connectivity index (χ0n) is 49.4. The molecule has 25 atom stereocenters. The Labute approximate surface area is 497 Å². The fourth-order valence-corrected chi connectivity index (χ4v) is 26.0. The quantitative estimate of drug-likeness (QED) is 0.0746. The van der Waals surface area contributed by atoms with Gasteiger partial charge in [-0.25, -0.2) is 4.79 Å². The number of hydrogen-bond acceptors (Lipinski definition) is 9. The Morgan fingerprint density at radius 1 is 0.774 bits per heavy atom. The standard InChI is InChI=1S/C75H89NO8/c1-76-64-36-58-47(15-8-17-51(58)40-77)14-5-6-24-70-25-23-65-71(42-78)41-72-54(31-52-30-48(21-22-62(52)72)46-12-3-2-4-13-46)34-56-29-44-11-7-10-43(26-44)27-45-19-20-50(28-45)57-18-9-16-49-33-63(69(72)83-56)75(71,82)55(35-59(49)57)39-73(65,80)74(70,81)38-53-32-60(64)68-61(67(53)70)37-66(79)84-68/h2-4,7-13,15-17,26,37,42,45,48-50,52-57,59-60,62-65,67-69,76-77,80-82H,6,18-25,27-36,38-41H2,1H3/t45-,48+,49-,50-,52-,53+,54-,55+,56+,57+,59+,60+,62-,63-,64+,65-,67-,68-,69-,70-,71+,72+,73+,74-,75+/m1/s1. The summed E-state index contributed by atoms with van der Waals surface area (Å²) in [4.78, 5) is 30.0. The number of aliphatic hydroxyl groups is 4. The lowest BCUT2D eigenvalue weighted by Crippen LogP contribution is -2.83. The topological polar surface area (TPSA) is 146 Å². The number of benzene rings is 3. The highest BCUT2D eigenvalue weighted by Gasteiger charge is 2.86. The van der Waals surface area contributed by atoms with Gasteiger partial charge in [0.2, 0.25) is 0 Å². The Bertz CT molecular complexity index is 3290. The summed E-state index contributed by atoms with van der Waals surface area (Å²) in [5.74, 6) is 8.49. The van der Waals surface area contributed by atoms with Crippen molar-refractivity contribution in [1.82, 2.24) is 5.32 Å². The van der Waals surface area contributed by atoms with Crippen LogP contribution in [0, 0.1) is 111 Å². The van der Waals surface area contributed by atoms with Crippen molar-refractivity contribution < 1.29 is 39.5 Å². The summed E-state index contributed by atoms with van der Waals surface area (Å²) in [6.45, 7) is -0.101. The maximum Gasteiger partial charge on any atom is 0.331 e. The predicted octanol–water partition coefficient (Wildman–Crippen LogP) is 11.0. The lowest BCUT2D eigenvalue weighted by Gasteiger charge is -2.75. The number of ether oxygens (including phenoxy) is 2. The summed E-state index contributed by atoms with van der Waals surface area (Å²) in [7, 11) is 1.98. The Balaban J connectivity index is 0.853. The SMILES string of the molecule is CN[C@H]1Cc2c(cccc2CO)C#CCC[C@]23CC[C@H]4[C@@](O)(C[C@@H]5C[C@@H]6[C@H]7CC=C[C@@H]6C[C@@H]6[C@H]8O[C@@H](Cc9cccc(c9)C[C@H]9CC[C@@H]7C9)C[C@H]7C[C@H]9C[C@@H](c%10ccccc%10)CC[C@H]9[C@]78C[C@@]4(C=O)[C@]56O)[C@@]2(O)C[C@@H]2C[C@@H]1[C@H]1OC(=O)C=C1[C@@H]23. The first-order valence-corrected chi connectivity index (χ1v) is 33.7. The minimum atomic E-state index is -1.74.